The van der Waals surface area contributed by atoms with Crippen LogP contribution in [-0.4, -0.2) is 37.2 Å². The largest absolute Gasteiger partial charge is 0.462 e. The predicted molar refractivity (Wildman–Crippen MR) is 353 cm³/mol. The van der Waals surface area contributed by atoms with Crippen LogP contribution < -0.4 is 0 Å². The molecule has 0 radical (unpaired) electrons. The maximum atomic E-state index is 13.0. The molecule has 0 heterocycles. The van der Waals surface area contributed by atoms with E-state index >= 15 is 0 Å². The summed E-state index contributed by atoms with van der Waals surface area (Å²) < 4.78 is 17.0. The lowest BCUT2D eigenvalue weighted by Gasteiger charge is -2.18. The zero-order chi connectivity index (χ0) is 58.5. The molecular weight excluding hydrogens is 997 g/mol. The van der Waals surface area contributed by atoms with E-state index in [0.29, 0.717) is 19.3 Å². The third kappa shape index (κ3) is 67.5. The number of unbranched alkanes of at least 4 members (excludes halogenated alkanes) is 42. The van der Waals surface area contributed by atoms with E-state index in [1.807, 2.05) is 0 Å². The standard InChI is InChI=1S/C75H134O6/c1-4-7-10-13-16-19-22-25-28-31-34-37-40-43-46-49-52-55-58-61-64-67-73(76)79-70-72(81-75(78)69-66-63-60-57-54-51-48-45-42-39-36-33-30-27-24-21-18-15-12-9-6-3)71-80-74(77)68-65-62-59-56-53-50-47-44-41-38-35-32-29-26-23-20-17-14-11-8-5-2/h7,10,16,19,24-25,27-28,33-34,36-37,72H,4-6,8-9,11-15,17-18,20-23,26,29-32,35,38-71H2,1-3H3/b10-7-,19-16-,27-24-,28-25-,36-33-,37-34-. The molecule has 0 saturated heterocycles. The van der Waals surface area contributed by atoms with E-state index in [2.05, 4.69) is 93.7 Å². The van der Waals surface area contributed by atoms with Crippen LogP contribution in [0.3, 0.4) is 0 Å². The second-order valence-corrected chi connectivity index (χ2v) is 23.8. The first-order chi connectivity index (χ1) is 40.0. The number of esters is 3. The number of rotatable bonds is 65. The van der Waals surface area contributed by atoms with E-state index < -0.39 is 6.10 Å². The van der Waals surface area contributed by atoms with E-state index in [0.717, 1.165) is 96.3 Å². The molecule has 0 saturated carbocycles. The van der Waals surface area contributed by atoms with Gasteiger partial charge in [-0.2, -0.15) is 0 Å². The molecular formula is C75H134O6. The molecule has 0 fully saturated rings. The summed E-state index contributed by atoms with van der Waals surface area (Å²) in [5, 5.41) is 0. The quantitative estimate of drug-likeness (QED) is 0.0261. The Bertz CT molecular complexity index is 1490. The Kier molecular flexibility index (Phi) is 66.6. The zero-order valence-corrected chi connectivity index (χ0v) is 54.1. The molecule has 0 amide bonds. The lowest BCUT2D eigenvalue weighted by atomic mass is 10.0. The Morgan fingerprint density at radius 3 is 0.753 bits per heavy atom. The van der Waals surface area contributed by atoms with Gasteiger partial charge in [-0.3, -0.25) is 14.4 Å². The van der Waals surface area contributed by atoms with Crippen LogP contribution in [0.15, 0.2) is 72.9 Å². The van der Waals surface area contributed by atoms with Crippen molar-refractivity contribution < 1.29 is 28.6 Å². The molecule has 1 unspecified atom stereocenters. The first-order valence-corrected chi connectivity index (χ1v) is 35.4. The van der Waals surface area contributed by atoms with Crippen molar-refractivity contribution in [1.29, 1.82) is 0 Å². The Balaban J connectivity index is 4.37. The topological polar surface area (TPSA) is 78.9 Å². The van der Waals surface area contributed by atoms with Crippen molar-refractivity contribution in [3.05, 3.63) is 72.9 Å². The first kappa shape index (κ1) is 77.9. The van der Waals surface area contributed by atoms with E-state index in [4.69, 9.17) is 14.2 Å². The van der Waals surface area contributed by atoms with Gasteiger partial charge in [0.2, 0.25) is 0 Å². The Labute approximate surface area is 503 Å². The Morgan fingerprint density at radius 1 is 0.259 bits per heavy atom. The lowest BCUT2D eigenvalue weighted by Crippen LogP contribution is -2.30. The molecule has 0 aliphatic carbocycles. The van der Waals surface area contributed by atoms with E-state index in [1.54, 1.807) is 0 Å². The van der Waals surface area contributed by atoms with Gasteiger partial charge in [0.05, 0.1) is 0 Å². The normalized spacial score (nSPS) is 12.5. The summed E-state index contributed by atoms with van der Waals surface area (Å²) >= 11 is 0. The van der Waals surface area contributed by atoms with Crippen molar-refractivity contribution in [1.82, 2.24) is 0 Å². The molecule has 0 spiro atoms. The van der Waals surface area contributed by atoms with Gasteiger partial charge in [-0.05, 0) is 89.9 Å². The molecule has 0 aromatic rings. The number of ether oxygens (including phenoxy) is 3. The monoisotopic (exact) mass is 1130 g/mol. The third-order valence-electron chi connectivity index (χ3n) is 15.7. The first-order valence-electron chi connectivity index (χ1n) is 35.4. The van der Waals surface area contributed by atoms with E-state index in [9.17, 15) is 14.4 Å². The average molecular weight is 1130 g/mol. The van der Waals surface area contributed by atoms with Crippen molar-refractivity contribution in [2.45, 2.75) is 374 Å². The highest BCUT2D eigenvalue weighted by atomic mass is 16.6. The van der Waals surface area contributed by atoms with Gasteiger partial charge in [-0.1, -0.05) is 331 Å². The average Bonchev–Trinajstić information content (AvgIpc) is 3.47. The molecule has 0 aliphatic heterocycles. The van der Waals surface area contributed by atoms with Crippen LogP contribution in [0.25, 0.3) is 0 Å². The predicted octanol–water partition coefficient (Wildman–Crippen LogP) is 24.4. The molecule has 1 atom stereocenters. The zero-order valence-electron chi connectivity index (χ0n) is 54.1. The third-order valence-corrected chi connectivity index (χ3v) is 15.7. The highest BCUT2D eigenvalue weighted by Crippen LogP contribution is 2.18. The number of hydrogen-bond donors (Lipinski definition) is 0. The second-order valence-electron chi connectivity index (χ2n) is 23.8. The van der Waals surface area contributed by atoms with Gasteiger partial charge in [0.25, 0.3) is 0 Å². The molecule has 6 nitrogen and oxygen atoms in total. The summed E-state index contributed by atoms with van der Waals surface area (Å²) in [4.78, 5) is 38.5. The molecule has 470 valence electrons. The van der Waals surface area contributed by atoms with Crippen LogP contribution in [0.4, 0.5) is 0 Å². The molecule has 6 heteroatoms. The van der Waals surface area contributed by atoms with Gasteiger partial charge in [-0.25, -0.2) is 0 Å². The van der Waals surface area contributed by atoms with Gasteiger partial charge in [-0.15, -0.1) is 0 Å². The molecule has 0 N–H and O–H groups in total. The molecule has 0 rings (SSSR count). The van der Waals surface area contributed by atoms with Crippen molar-refractivity contribution in [3.63, 3.8) is 0 Å². The summed E-state index contributed by atoms with van der Waals surface area (Å²) in [5.74, 6) is -0.865. The van der Waals surface area contributed by atoms with Crippen LogP contribution in [0.2, 0.25) is 0 Å². The van der Waals surface area contributed by atoms with Crippen LogP contribution in [-0.2, 0) is 28.6 Å². The van der Waals surface area contributed by atoms with Crippen LogP contribution in [0.5, 0.6) is 0 Å². The fourth-order valence-electron chi connectivity index (χ4n) is 10.4. The molecule has 81 heavy (non-hydrogen) atoms. The van der Waals surface area contributed by atoms with Crippen LogP contribution in [0.1, 0.15) is 367 Å². The number of carbonyl (C=O) groups excluding carboxylic acids is 3. The van der Waals surface area contributed by atoms with Gasteiger partial charge in [0, 0.05) is 19.3 Å². The highest BCUT2D eigenvalue weighted by Gasteiger charge is 2.19. The van der Waals surface area contributed by atoms with Crippen LogP contribution >= 0.6 is 0 Å². The minimum atomic E-state index is -0.782. The van der Waals surface area contributed by atoms with E-state index in [1.165, 1.54) is 231 Å². The minimum Gasteiger partial charge on any atom is -0.462 e. The van der Waals surface area contributed by atoms with Gasteiger partial charge in [0.15, 0.2) is 6.10 Å². The molecule has 0 aromatic carbocycles. The molecule has 0 aliphatic rings. The van der Waals surface area contributed by atoms with Crippen molar-refractivity contribution >= 4 is 17.9 Å². The smallest absolute Gasteiger partial charge is 0.306 e. The Morgan fingerprint density at radius 2 is 0.481 bits per heavy atom. The van der Waals surface area contributed by atoms with Crippen molar-refractivity contribution in [2.75, 3.05) is 13.2 Å². The molecule has 0 aromatic heterocycles. The van der Waals surface area contributed by atoms with Gasteiger partial charge in [0.1, 0.15) is 13.2 Å². The summed E-state index contributed by atoms with van der Waals surface area (Å²) in [6, 6.07) is 0. The number of allylic oxidation sites excluding steroid dienone is 12. The van der Waals surface area contributed by atoms with E-state index in [-0.39, 0.29) is 31.1 Å². The Hall–Kier alpha value is -3.15. The maximum Gasteiger partial charge on any atom is 0.306 e. The summed E-state index contributed by atoms with van der Waals surface area (Å²) in [6.45, 7) is 6.57. The van der Waals surface area contributed by atoms with Crippen LogP contribution in [0, 0.1) is 0 Å². The number of carbonyl (C=O) groups is 3. The minimum absolute atomic E-state index is 0.0759. The lowest BCUT2D eigenvalue weighted by molar-refractivity contribution is -0.167. The van der Waals surface area contributed by atoms with Gasteiger partial charge >= 0.3 is 17.9 Å². The van der Waals surface area contributed by atoms with Crippen molar-refractivity contribution in [2.24, 2.45) is 0 Å². The summed E-state index contributed by atoms with van der Waals surface area (Å²) in [6.07, 6.45) is 90.6. The van der Waals surface area contributed by atoms with Crippen molar-refractivity contribution in [3.8, 4) is 0 Å². The number of hydrogen-bond acceptors (Lipinski definition) is 6. The fourth-order valence-corrected chi connectivity index (χ4v) is 10.4. The van der Waals surface area contributed by atoms with Gasteiger partial charge < -0.3 is 14.2 Å². The summed E-state index contributed by atoms with van der Waals surface area (Å²) in [7, 11) is 0. The highest BCUT2D eigenvalue weighted by molar-refractivity contribution is 5.71. The fraction of sp³-hybridized carbons (Fsp3) is 0.800. The SMILES string of the molecule is CC/C=C\C/C=C\C/C=C\C/C=C\CCCCCCCCCCC(=O)OCC(COC(=O)CCCCCCCCCCCCCCCCCCCCCCC)OC(=O)CCCCCCCCCCC/C=C\C/C=C\CCCCCCC. The summed E-state index contributed by atoms with van der Waals surface area (Å²) in [5.41, 5.74) is 0. The molecule has 0 bridgehead atoms. The maximum absolute atomic E-state index is 13.0. The second kappa shape index (κ2) is 69.3.